The zero-order chi connectivity index (χ0) is 16.0. The lowest BCUT2D eigenvalue weighted by molar-refractivity contribution is 0.0934. The number of hydrogen-bond donors (Lipinski definition) is 2. The molecule has 120 valence electrons. The number of thiophene rings is 1. The van der Waals surface area contributed by atoms with Gasteiger partial charge in [0.15, 0.2) is 5.65 Å². The SMILES string of the molecule is Cc1nc2sc3c(c2c2nc(C(=O)NCCO)nn12)CCCC3. The summed E-state index contributed by atoms with van der Waals surface area (Å²) in [5, 5.41) is 16.8. The van der Waals surface area contributed by atoms with Crippen LogP contribution in [0, 0.1) is 6.92 Å². The van der Waals surface area contributed by atoms with E-state index in [1.807, 2.05) is 6.92 Å². The number of hydrogen-bond acceptors (Lipinski definition) is 6. The van der Waals surface area contributed by atoms with E-state index < -0.39 is 0 Å². The van der Waals surface area contributed by atoms with Crippen molar-refractivity contribution in [2.24, 2.45) is 0 Å². The number of carbonyl (C=O) groups is 1. The van der Waals surface area contributed by atoms with Crippen molar-refractivity contribution in [2.45, 2.75) is 32.6 Å². The Labute approximate surface area is 136 Å². The highest BCUT2D eigenvalue weighted by molar-refractivity contribution is 7.19. The standard InChI is InChI=1S/C15H17N5O2S/c1-8-17-15-11(9-4-2-3-5-10(9)23-15)13-18-12(19-20(8)13)14(22)16-6-7-21/h21H,2-7H2,1H3,(H,16,22). The summed E-state index contributed by atoms with van der Waals surface area (Å²) < 4.78 is 1.65. The lowest BCUT2D eigenvalue weighted by Gasteiger charge is -2.10. The summed E-state index contributed by atoms with van der Waals surface area (Å²) >= 11 is 1.73. The number of nitrogens with zero attached hydrogens (tertiary/aromatic N) is 4. The first kappa shape index (κ1) is 14.5. The van der Waals surface area contributed by atoms with E-state index in [2.05, 4.69) is 20.4 Å². The van der Waals surface area contributed by atoms with Gasteiger partial charge < -0.3 is 10.4 Å². The molecule has 3 aromatic rings. The summed E-state index contributed by atoms with van der Waals surface area (Å²) in [6.07, 6.45) is 4.53. The third-order valence-electron chi connectivity index (χ3n) is 4.15. The Bertz CT molecular complexity index is 914. The van der Waals surface area contributed by atoms with Gasteiger partial charge in [-0.1, -0.05) is 0 Å². The molecule has 0 spiro atoms. The largest absolute Gasteiger partial charge is 0.395 e. The smallest absolute Gasteiger partial charge is 0.291 e. The fraction of sp³-hybridized carbons (Fsp3) is 0.467. The molecule has 0 fully saturated rings. The van der Waals surface area contributed by atoms with Crippen LogP contribution in [0.15, 0.2) is 0 Å². The van der Waals surface area contributed by atoms with Crippen molar-refractivity contribution in [3.63, 3.8) is 0 Å². The summed E-state index contributed by atoms with van der Waals surface area (Å²) in [6, 6.07) is 0. The molecule has 0 bridgehead atoms. The zero-order valence-corrected chi connectivity index (χ0v) is 13.6. The summed E-state index contributed by atoms with van der Waals surface area (Å²) in [5.74, 6) is 0.464. The molecule has 3 aromatic heterocycles. The molecule has 0 atom stereocenters. The van der Waals surface area contributed by atoms with Crippen LogP contribution >= 0.6 is 11.3 Å². The van der Waals surface area contributed by atoms with Crippen LogP contribution < -0.4 is 5.32 Å². The summed E-state index contributed by atoms with van der Waals surface area (Å²) in [7, 11) is 0. The third kappa shape index (κ3) is 2.29. The van der Waals surface area contributed by atoms with Crippen molar-refractivity contribution in [2.75, 3.05) is 13.2 Å². The molecule has 0 radical (unpaired) electrons. The number of aliphatic hydroxyl groups is 1. The molecular formula is C15H17N5O2S. The predicted molar refractivity (Wildman–Crippen MR) is 87.0 cm³/mol. The summed E-state index contributed by atoms with van der Waals surface area (Å²) in [4.78, 5) is 23.6. The zero-order valence-electron chi connectivity index (χ0n) is 12.8. The van der Waals surface area contributed by atoms with Gasteiger partial charge in [0.2, 0.25) is 5.82 Å². The highest BCUT2D eigenvalue weighted by Crippen LogP contribution is 2.37. The lowest BCUT2D eigenvalue weighted by Crippen LogP contribution is -2.27. The van der Waals surface area contributed by atoms with E-state index in [1.54, 1.807) is 15.9 Å². The Kier molecular flexibility index (Phi) is 3.50. The van der Waals surface area contributed by atoms with Crippen LogP contribution in [-0.4, -0.2) is 43.7 Å². The van der Waals surface area contributed by atoms with Gasteiger partial charge in [0.1, 0.15) is 10.7 Å². The van der Waals surface area contributed by atoms with Gasteiger partial charge in [-0.15, -0.1) is 16.4 Å². The molecule has 0 aliphatic heterocycles. The Hall–Kier alpha value is -2.06. The first-order valence-electron chi connectivity index (χ1n) is 7.75. The maximum atomic E-state index is 12.1. The second-order valence-corrected chi connectivity index (χ2v) is 6.78. The van der Waals surface area contributed by atoms with Gasteiger partial charge >= 0.3 is 0 Å². The van der Waals surface area contributed by atoms with Crippen LogP contribution in [0.3, 0.4) is 0 Å². The van der Waals surface area contributed by atoms with Gasteiger partial charge in [0.25, 0.3) is 5.91 Å². The number of fused-ring (bicyclic) bond motifs is 5. The highest BCUT2D eigenvalue weighted by Gasteiger charge is 2.23. The fourth-order valence-corrected chi connectivity index (χ4v) is 4.40. The molecule has 3 heterocycles. The van der Waals surface area contributed by atoms with Gasteiger partial charge in [-0.05, 0) is 38.2 Å². The van der Waals surface area contributed by atoms with Crippen LogP contribution in [0.1, 0.15) is 39.7 Å². The average Bonchev–Trinajstić information content (AvgIpc) is 3.13. The molecule has 0 saturated heterocycles. The second kappa shape index (κ2) is 5.54. The molecule has 1 amide bonds. The lowest BCUT2D eigenvalue weighted by atomic mass is 9.97. The maximum Gasteiger partial charge on any atom is 0.291 e. The second-order valence-electron chi connectivity index (χ2n) is 5.70. The Morgan fingerprint density at radius 2 is 2.17 bits per heavy atom. The van der Waals surface area contributed by atoms with Gasteiger partial charge in [-0.2, -0.15) is 4.52 Å². The summed E-state index contributed by atoms with van der Waals surface area (Å²) in [6.45, 7) is 1.95. The molecule has 0 saturated carbocycles. The van der Waals surface area contributed by atoms with Crippen molar-refractivity contribution < 1.29 is 9.90 Å². The molecule has 7 nitrogen and oxygen atoms in total. The quantitative estimate of drug-likeness (QED) is 0.753. The first-order chi connectivity index (χ1) is 11.2. The summed E-state index contributed by atoms with van der Waals surface area (Å²) in [5.41, 5.74) is 2.03. The molecule has 0 aromatic carbocycles. The fourth-order valence-electron chi connectivity index (χ4n) is 3.10. The van der Waals surface area contributed by atoms with E-state index in [0.717, 1.165) is 28.9 Å². The maximum absolute atomic E-state index is 12.1. The van der Waals surface area contributed by atoms with E-state index in [1.165, 1.54) is 23.3 Å². The van der Waals surface area contributed by atoms with Gasteiger partial charge in [-0.3, -0.25) is 4.79 Å². The van der Waals surface area contributed by atoms with Crippen molar-refractivity contribution in [1.82, 2.24) is 24.9 Å². The number of aliphatic hydroxyl groups excluding tert-OH is 1. The van der Waals surface area contributed by atoms with E-state index in [9.17, 15) is 4.79 Å². The molecule has 4 rings (SSSR count). The number of nitrogens with one attached hydrogen (secondary N) is 1. The monoisotopic (exact) mass is 331 g/mol. The molecule has 1 aliphatic carbocycles. The van der Waals surface area contributed by atoms with Crippen molar-refractivity contribution in [3.05, 3.63) is 22.1 Å². The van der Waals surface area contributed by atoms with E-state index in [0.29, 0.717) is 5.65 Å². The number of aromatic nitrogens is 4. The Morgan fingerprint density at radius 1 is 1.35 bits per heavy atom. The molecule has 8 heteroatoms. The molecule has 1 aliphatic rings. The minimum Gasteiger partial charge on any atom is -0.395 e. The average molecular weight is 331 g/mol. The van der Waals surface area contributed by atoms with E-state index >= 15 is 0 Å². The Balaban J connectivity index is 1.92. The number of aryl methyl sites for hydroxylation is 3. The van der Waals surface area contributed by atoms with Gasteiger partial charge in [-0.25, -0.2) is 9.97 Å². The van der Waals surface area contributed by atoms with Crippen LogP contribution in [0.5, 0.6) is 0 Å². The predicted octanol–water partition coefficient (Wildman–Crippen LogP) is 1.25. The first-order valence-corrected chi connectivity index (χ1v) is 8.57. The van der Waals surface area contributed by atoms with Gasteiger partial charge in [0.05, 0.1) is 12.0 Å². The van der Waals surface area contributed by atoms with E-state index in [4.69, 9.17) is 5.11 Å². The number of carbonyl (C=O) groups excluding carboxylic acids is 1. The third-order valence-corrected chi connectivity index (χ3v) is 5.34. The Morgan fingerprint density at radius 3 is 3.00 bits per heavy atom. The molecule has 0 unspecified atom stereocenters. The minimum atomic E-state index is -0.376. The topological polar surface area (TPSA) is 92.4 Å². The molecule has 2 N–H and O–H groups in total. The van der Waals surface area contributed by atoms with Crippen LogP contribution in [0.4, 0.5) is 0 Å². The van der Waals surface area contributed by atoms with Crippen molar-refractivity contribution in [3.8, 4) is 0 Å². The highest BCUT2D eigenvalue weighted by atomic mass is 32.1. The van der Waals surface area contributed by atoms with Crippen LogP contribution in [-0.2, 0) is 12.8 Å². The molecular weight excluding hydrogens is 314 g/mol. The molecule has 23 heavy (non-hydrogen) atoms. The number of rotatable bonds is 3. The van der Waals surface area contributed by atoms with Crippen LogP contribution in [0.2, 0.25) is 0 Å². The van der Waals surface area contributed by atoms with E-state index in [-0.39, 0.29) is 24.9 Å². The van der Waals surface area contributed by atoms with Crippen molar-refractivity contribution in [1.29, 1.82) is 0 Å². The minimum absolute atomic E-state index is 0.109. The van der Waals surface area contributed by atoms with Crippen molar-refractivity contribution >= 4 is 33.1 Å². The normalized spacial score (nSPS) is 14.3. The van der Waals surface area contributed by atoms with Gasteiger partial charge in [0, 0.05) is 11.4 Å². The number of amides is 1. The van der Waals surface area contributed by atoms with Crippen LogP contribution in [0.25, 0.3) is 15.9 Å².